The first kappa shape index (κ1) is 11.0. The molecule has 0 unspecified atom stereocenters. The second-order valence-electron chi connectivity index (χ2n) is 2.57. The molecule has 1 rings (SSSR count). The van der Waals surface area contributed by atoms with Gasteiger partial charge in [0.1, 0.15) is 6.73 Å². The zero-order valence-electron chi connectivity index (χ0n) is 7.79. The molecule has 0 bridgehead atoms. The zero-order valence-corrected chi connectivity index (χ0v) is 7.79. The molecule has 1 heterocycles. The van der Waals surface area contributed by atoms with E-state index in [0.29, 0.717) is 0 Å². The Morgan fingerprint density at radius 2 is 2.40 bits per heavy atom. The van der Waals surface area contributed by atoms with E-state index in [-0.39, 0.29) is 19.9 Å². The number of aromatic amines is 1. The Morgan fingerprint density at radius 1 is 1.60 bits per heavy atom. The average molecular weight is 211 g/mol. The zero-order chi connectivity index (χ0) is 11.1. The van der Waals surface area contributed by atoms with Gasteiger partial charge in [0.25, 0.3) is 5.56 Å². The Kier molecular flexibility index (Phi) is 4.14. The summed E-state index contributed by atoms with van der Waals surface area (Å²) in [6, 6.07) is 1.22. The summed E-state index contributed by atoms with van der Waals surface area (Å²) in [5, 5.41) is 3.25. The second-order valence-corrected chi connectivity index (χ2v) is 2.57. The number of aromatic nitrogens is 2. The van der Waals surface area contributed by atoms with E-state index in [1.807, 2.05) is 0 Å². The maximum atomic E-state index is 11.1. The predicted octanol–water partition coefficient (Wildman–Crippen LogP) is -0.179. The molecule has 0 saturated carbocycles. The fourth-order valence-electron chi connectivity index (χ4n) is 0.859. The smallest absolute Gasteiger partial charge is 0.330 e. The average Bonchev–Trinajstić information content (AvgIpc) is 2.20. The Morgan fingerprint density at radius 3 is 3.07 bits per heavy atom. The number of hydrogen-bond acceptors (Lipinski definition) is 4. The van der Waals surface area contributed by atoms with Crippen LogP contribution < -0.4 is 11.2 Å². The number of ether oxygens (including phenoxy) is 1. The molecule has 1 aromatic heterocycles. The highest BCUT2D eigenvalue weighted by Crippen LogP contribution is 1.81. The normalized spacial score (nSPS) is 9.60. The standard InChI is InChI=1S/C7H9N5O3/c8-11-9-2-4-15-5-12-3-1-6(13)10-7(12)14/h1,3H,2,4-5H2,(H,10,13,14). The molecular formula is C7H9N5O3. The van der Waals surface area contributed by atoms with E-state index in [1.54, 1.807) is 0 Å². The molecule has 0 spiro atoms. The van der Waals surface area contributed by atoms with Crippen LogP contribution in [-0.2, 0) is 11.5 Å². The maximum absolute atomic E-state index is 11.1. The van der Waals surface area contributed by atoms with Crippen molar-refractivity contribution in [3.05, 3.63) is 43.5 Å². The molecule has 0 aliphatic carbocycles. The van der Waals surface area contributed by atoms with Gasteiger partial charge in [0.05, 0.1) is 6.61 Å². The van der Waals surface area contributed by atoms with E-state index < -0.39 is 11.2 Å². The van der Waals surface area contributed by atoms with E-state index in [9.17, 15) is 9.59 Å². The minimum atomic E-state index is -0.536. The molecule has 1 aromatic rings. The van der Waals surface area contributed by atoms with E-state index in [1.165, 1.54) is 16.8 Å². The number of H-pyrrole nitrogens is 1. The number of nitrogens with zero attached hydrogens (tertiary/aromatic N) is 4. The van der Waals surface area contributed by atoms with Crippen molar-refractivity contribution in [1.82, 2.24) is 9.55 Å². The van der Waals surface area contributed by atoms with Crippen molar-refractivity contribution in [2.24, 2.45) is 5.11 Å². The number of azide groups is 1. The van der Waals surface area contributed by atoms with Crippen LogP contribution in [0.2, 0.25) is 0 Å². The van der Waals surface area contributed by atoms with Crippen LogP contribution in [0.5, 0.6) is 0 Å². The quantitative estimate of drug-likeness (QED) is 0.315. The van der Waals surface area contributed by atoms with Gasteiger partial charge in [-0.25, -0.2) is 4.79 Å². The summed E-state index contributed by atoms with van der Waals surface area (Å²) in [5.41, 5.74) is 6.98. The summed E-state index contributed by atoms with van der Waals surface area (Å²) >= 11 is 0. The first-order chi connectivity index (χ1) is 7.24. The highest BCUT2D eigenvalue weighted by molar-refractivity contribution is 4.81. The fraction of sp³-hybridized carbons (Fsp3) is 0.429. The molecule has 80 valence electrons. The molecule has 0 radical (unpaired) electrons. The van der Waals surface area contributed by atoms with Crippen molar-refractivity contribution in [1.29, 1.82) is 0 Å². The lowest BCUT2D eigenvalue weighted by molar-refractivity contribution is 0.0797. The number of hydrogen-bond donors (Lipinski definition) is 1. The number of nitrogens with one attached hydrogen (secondary N) is 1. The Hall–Kier alpha value is -2.05. The van der Waals surface area contributed by atoms with Crippen LogP contribution in [0.4, 0.5) is 0 Å². The third-order valence-corrected chi connectivity index (χ3v) is 1.53. The second kappa shape index (κ2) is 5.63. The minimum absolute atomic E-state index is 0.0105. The molecule has 0 aliphatic rings. The van der Waals surface area contributed by atoms with Crippen LogP contribution in [-0.4, -0.2) is 22.7 Å². The molecule has 1 N–H and O–H groups in total. The summed E-state index contributed by atoms with van der Waals surface area (Å²) in [7, 11) is 0. The summed E-state index contributed by atoms with van der Waals surface area (Å²) in [4.78, 5) is 26.4. The van der Waals surface area contributed by atoms with Crippen molar-refractivity contribution < 1.29 is 4.74 Å². The van der Waals surface area contributed by atoms with Crippen LogP contribution in [0.25, 0.3) is 10.4 Å². The minimum Gasteiger partial charge on any atom is -0.360 e. The summed E-state index contributed by atoms with van der Waals surface area (Å²) < 4.78 is 6.21. The third-order valence-electron chi connectivity index (χ3n) is 1.53. The Bertz CT molecular complexity index is 470. The molecule has 0 atom stereocenters. The first-order valence-electron chi connectivity index (χ1n) is 4.12. The molecule has 0 aromatic carbocycles. The SMILES string of the molecule is [N-]=[N+]=NCCOCn1ccc(=O)[nH]c1=O. The van der Waals surface area contributed by atoms with Crippen molar-refractivity contribution in [2.75, 3.05) is 13.2 Å². The van der Waals surface area contributed by atoms with Crippen LogP contribution in [0.3, 0.4) is 0 Å². The Labute approximate surface area is 83.7 Å². The fourth-order valence-corrected chi connectivity index (χ4v) is 0.859. The molecule has 15 heavy (non-hydrogen) atoms. The predicted molar refractivity (Wildman–Crippen MR) is 51.3 cm³/mol. The summed E-state index contributed by atoms with van der Waals surface area (Å²) in [6.45, 7) is 0.431. The molecular weight excluding hydrogens is 202 g/mol. The van der Waals surface area contributed by atoms with Gasteiger partial charge >= 0.3 is 5.69 Å². The lowest BCUT2D eigenvalue weighted by atomic mass is 10.6. The monoisotopic (exact) mass is 211 g/mol. The van der Waals surface area contributed by atoms with Crippen molar-refractivity contribution in [3.8, 4) is 0 Å². The molecule has 0 aliphatic heterocycles. The number of rotatable bonds is 5. The van der Waals surface area contributed by atoms with Gasteiger partial charge in [0, 0.05) is 23.7 Å². The lowest BCUT2D eigenvalue weighted by Gasteiger charge is -2.03. The van der Waals surface area contributed by atoms with Gasteiger partial charge < -0.3 is 4.74 Å². The van der Waals surface area contributed by atoms with E-state index in [0.717, 1.165) is 0 Å². The van der Waals surface area contributed by atoms with Gasteiger partial charge in [-0.1, -0.05) is 5.11 Å². The molecule has 8 heteroatoms. The summed E-state index contributed by atoms with van der Waals surface area (Å²) in [6.07, 6.45) is 1.33. The van der Waals surface area contributed by atoms with E-state index in [4.69, 9.17) is 10.3 Å². The third kappa shape index (κ3) is 3.67. The molecule has 0 amide bonds. The highest BCUT2D eigenvalue weighted by atomic mass is 16.5. The van der Waals surface area contributed by atoms with E-state index >= 15 is 0 Å². The highest BCUT2D eigenvalue weighted by Gasteiger charge is 1.95. The largest absolute Gasteiger partial charge is 0.360 e. The van der Waals surface area contributed by atoms with Gasteiger partial charge in [0.2, 0.25) is 0 Å². The Balaban J connectivity index is 2.47. The van der Waals surface area contributed by atoms with Crippen LogP contribution in [0.15, 0.2) is 27.0 Å². The maximum Gasteiger partial charge on any atom is 0.330 e. The van der Waals surface area contributed by atoms with Crippen molar-refractivity contribution >= 4 is 0 Å². The van der Waals surface area contributed by atoms with Gasteiger partial charge in [-0.2, -0.15) is 0 Å². The van der Waals surface area contributed by atoms with Gasteiger partial charge in [-0.3, -0.25) is 14.3 Å². The van der Waals surface area contributed by atoms with Gasteiger partial charge in [-0.15, -0.1) is 0 Å². The topological polar surface area (TPSA) is 113 Å². The molecule has 0 fully saturated rings. The van der Waals surface area contributed by atoms with E-state index in [2.05, 4.69) is 15.0 Å². The molecule has 0 saturated heterocycles. The van der Waals surface area contributed by atoms with Crippen LogP contribution >= 0.6 is 0 Å². The first-order valence-corrected chi connectivity index (χ1v) is 4.12. The molecule has 8 nitrogen and oxygen atoms in total. The lowest BCUT2D eigenvalue weighted by Crippen LogP contribution is -2.29. The van der Waals surface area contributed by atoms with Gasteiger partial charge in [-0.05, 0) is 5.53 Å². The van der Waals surface area contributed by atoms with Crippen LogP contribution in [0.1, 0.15) is 0 Å². The van der Waals surface area contributed by atoms with Crippen molar-refractivity contribution in [3.63, 3.8) is 0 Å². The summed E-state index contributed by atoms with van der Waals surface area (Å²) in [5.74, 6) is 0. The van der Waals surface area contributed by atoms with Crippen LogP contribution in [0, 0.1) is 0 Å². The van der Waals surface area contributed by atoms with Crippen molar-refractivity contribution in [2.45, 2.75) is 6.73 Å². The van der Waals surface area contributed by atoms with Gasteiger partial charge in [0.15, 0.2) is 0 Å².